The SMILES string of the molecule is Cc1cc(S(=O)(=O)N(C)C)cc(NS(=O)(=O)c2ccccc2Cl)c1C. The fourth-order valence-electron chi connectivity index (χ4n) is 2.15. The summed E-state index contributed by atoms with van der Waals surface area (Å²) in [6.07, 6.45) is 0. The molecule has 1 N–H and O–H groups in total. The summed E-state index contributed by atoms with van der Waals surface area (Å²) in [6, 6.07) is 8.87. The van der Waals surface area contributed by atoms with Gasteiger partial charge < -0.3 is 0 Å². The second-order valence-corrected chi connectivity index (χ2v) is 9.95. The molecule has 0 aliphatic rings. The molecule has 136 valence electrons. The molecule has 2 rings (SSSR count). The van der Waals surface area contributed by atoms with Crippen molar-refractivity contribution in [2.24, 2.45) is 0 Å². The molecule has 0 bridgehead atoms. The molecule has 0 aromatic heterocycles. The summed E-state index contributed by atoms with van der Waals surface area (Å²) >= 11 is 5.97. The van der Waals surface area contributed by atoms with E-state index in [9.17, 15) is 16.8 Å². The summed E-state index contributed by atoms with van der Waals surface area (Å²) in [6.45, 7) is 3.43. The lowest BCUT2D eigenvalue weighted by Gasteiger charge is -2.17. The number of aryl methyl sites for hydroxylation is 1. The molecular weight excluding hydrogens is 384 g/mol. The first-order valence-electron chi connectivity index (χ1n) is 7.28. The molecule has 0 saturated carbocycles. The molecule has 0 atom stereocenters. The van der Waals surface area contributed by atoms with Gasteiger partial charge >= 0.3 is 0 Å². The predicted molar refractivity (Wildman–Crippen MR) is 99.0 cm³/mol. The Kier molecular flexibility index (Phi) is 5.48. The van der Waals surface area contributed by atoms with Crippen molar-refractivity contribution in [1.82, 2.24) is 4.31 Å². The third-order valence-electron chi connectivity index (χ3n) is 3.79. The van der Waals surface area contributed by atoms with E-state index in [1.54, 1.807) is 26.0 Å². The molecule has 0 amide bonds. The molecular formula is C16H19ClN2O4S2. The van der Waals surface area contributed by atoms with Crippen LogP contribution in [0.15, 0.2) is 46.2 Å². The first-order chi connectivity index (χ1) is 11.5. The number of anilines is 1. The Labute approximate surface area is 153 Å². The molecule has 2 aromatic rings. The Bertz CT molecular complexity index is 1020. The minimum absolute atomic E-state index is 0.0115. The van der Waals surface area contributed by atoms with Gasteiger partial charge in [-0.05, 0) is 49.2 Å². The zero-order chi connectivity index (χ0) is 19.0. The van der Waals surface area contributed by atoms with Gasteiger partial charge in [-0.15, -0.1) is 0 Å². The van der Waals surface area contributed by atoms with Crippen molar-refractivity contribution < 1.29 is 16.8 Å². The van der Waals surface area contributed by atoms with Crippen molar-refractivity contribution in [3.63, 3.8) is 0 Å². The van der Waals surface area contributed by atoms with Gasteiger partial charge in [0.25, 0.3) is 10.0 Å². The molecule has 6 nitrogen and oxygen atoms in total. The highest BCUT2D eigenvalue weighted by Gasteiger charge is 2.23. The van der Waals surface area contributed by atoms with Crippen molar-refractivity contribution in [1.29, 1.82) is 0 Å². The van der Waals surface area contributed by atoms with Crippen LogP contribution >= 0.6 is 11.6 Å². The fraction of sp³-hybridized carbons (Fsp3) is 0.250. The molecule has 0 unspecified atom stereocenters. The van der Waals surface area contributed by atoms with E-state index < -0.39 is 20.0 Å². The van der Waals surface area contributed by atoms with Gasteiger partial charge in [0.1, 0.15) is 4.90 Å². The van der Waals surface area contributed by atoms with E-state index in [0.717, 1.165) is 4.31 Å². The van der Waals surface area contributed by atoms with Crippen molar-refractivity contribution in [3.05, 3.63) is 52.5 Å². The van der Waals surface area contributed by atoms with Gasteiger partial charge in [-0.3, -0.25) is 4.72 Å². The maximum atomic E-state index is 12.6. The third kappa shape index (κ3) is 3.98. The summed E-state index contributed by atoms with van der Waals surface area (Å²) in [7, 11) is -4.82. The van der Waals surface area contributed by atoms with Crippen LogP contribution in [0.5, 0.6) is 0 Å². The Morgan fingerprint density at radius 1 is 1.00 bits per heavy atom. The summed E-state index contributed by atoms with van der Waals surface area (Å²) in [4.78, 5) is -0.0629. The summed E-state index contributed by atoms with van der Waals surface area (Å²) in [5.74, 6) is 0. The van der Waals surface area contributed by atoms with E-state index in [0.29, 0.717) is 11.1 Å². The normalized spacial score (nSPS) is 12.4. The predicted octanol–water partition coefficient (Wildman–Crippen LogP) is 3.01. The van der Waals surface area contributed by atoms with Gasteiger partial charge in [-0.2, -0.15) is 0 Å². The van der Waals surface area contributed by atoms with E-state index in [1.165, 1.54) is 38.4 Å². The van der Waals surface area contributed by atoms with Crippen molar-refractivity contribution >= 4 is 37.3 Å². The average molecular weight is 403 g/mol. The number of benzene rings is 2. The first kappa shape index (κ1) is 19.7. The average Bonchev–Trinajstić information content (AvgIpc) is 2.51. The van der Waals surface area contributed by atoms with E-state index in [-0.39, 0.29) is 20.5 Å². The van der Waals surface area contributed by atoms with Crippen LogP contribution in [0.25, 0.3) is 0 Å². The van der Waals surface area contributed by atoms with Crippen LogP contribution in [0.3, 0.4) is 0 Å². The van der Waals surface area contributed by atoms with Crippen molar-refractivity contribution in [2.75, 3.05) is 18.8 Å². The van der Waals surface area contributed by atoms with Crippen molar-refractivity contribution in [2.45, 2.75) is 23.6 Å². The maximum Gasteiger partial charge on any atom is 0.263 e. The van der Waals surface area contributed by atoms with E-state index in [4.69, 9.17) is 11.6 Å². The smallest absolute Gasteiger partial charge is 0.263 e. The number of rotatable bonds is 5. The monoisotopic (exact) mass is 402 g/mol. The Morgan fingerprint density at radius 3 is 2.16 bits per heavy atom. The van der Waals surface area contributed by atoms with Crippen LogP contribution in [0.4, 0.5) is 5.69 Å². The van der Waals surface area contributed by atoms with Crippen molar-refractivity contribution in [3.8, 4) is 0 Å². The molecule has 0 aliphatic heterocycles. The molecule has 0 fully saturated rings. The molecule has 2 aromatic carbocycles. The second kappa shape index (κ2) is 6.95. The number of hydrogen-bond donors (Lipinski definition) is 1. The Hall–Kier alpha value is -1.61. The van der Waals surface area contributed by atoms with Crippen LogP contribution in [0.1, 0.15) is 11.1 Å². The molecule has 0 aliphatic carbocycles. The lowest BCUT2D eigenvalue weighted by molar-refractivity contribution is 0.520. The highest BCUT2D eigenvalue weighted by molar-refractivity contribution is 7.93. The molecule has 9 heteroatoms. The number of hydrogen-bond acceptors (Lipinski definition) is 4. The topological polar surface area (TPSA) is 83.6 Å². The third-order valence-corrected chi connectivity index (χ3v) is 7.45. The van der Waals surface area contributed by atoms with E-state index >= 15 is 0 Å². The summed E-state index contributed by atoms with van der Waals surface area (Å²) < 4.78 is 53.5. The molecule has 0 saturated heterocycles. The number of halogens is 1. The highest BCUT2D eigenvalue weighted by Crippen LogP contribution is 2.29. The first-order valence-corrected chi connectivity index (χ1v) is 10.6. The lowest BCUT2D eigenvalue weighted by Crippen LogP contribution is -2.23. The van der Waals surface area contributed by atoms with Gasteiger partial charge in [-0.25, -0.2) is 21.1 Å². The minimum atomic E-state index is -3.96. The zero-order valence-corrected chi connectivity index (χ0v) is 16.6. The van der Waals surface area contributed by atoms with Gasteiger partial charge in [0.2, 0.25) is 10.0 Å². The van der Waals surface area contributed by atoms with Crippen LogP contribution in [-0.2, 0) is 20.0 Å². The molecule has 0 heterocycles. The fourth-order valence-corrected chi connectivity index (χ4v) is 4.80. The highest BCUT2D eigenvalue weighted by atomic mass is 35.5. The molecule has 25 heavy (non-hydrogen) atoms. The Morgan fingerprint density at radius 2 is 1.60 bits per heavy atom. The van der Waals surface area contributed by atoms with Gasteiger partial charge in [-0.1, -0.05) is 23.7 Å². The minimum Gasteiger partial charge on any atom is -0.279 e. The second-order valence-electron chi connectivity index (χ2n) is 5.74. The Balaban J connectivity index is 2.57. The van der Waals surface area contributed by atoms with Gasteiger partial charge in [0.15, 0.2) is 0 Å². The lowest BCUT2D eigenvalue weighted by atomic mass is 10.1. The number of nitrogens with zero attached hydrogens (tertiary/aromatic N) is 1. The summed E-state index contributed by atoms with van der Waals surface area (Å²) in [5, 5.41) is 0.0847. The zero-order valence-electron chi connectivity index (χ0n) is 14.2. The molecule has 0 radical (unpaired) electrons. The van der Waals surface area contributed by atoms with Crippen LogP contribution in [-0.4, -0.2) is 35.2 Å². The number of sulfonamides is 2. The maximum absolute atomic E-state index is 12.6. The quantitative estimate of drug-likeness (QED) is 0.833. The van der Waals surface area contributed by atoms with Gasteiger partial charge in [0.05, 0.1) is 15.6 Å². The largest absolute Gasteiger partial charge is 0.279 e. The van der Waals surface area contributed by atoms with Crippen LogP contribution in [0, 0.1) is 13.8 Å². The van der Waals surface area contributed by atoms with Crippen LogP contribution in [0.2, 0.25) is 5.02 Å². The summed E-state index contributed by atoms with van der Waals surface area (Å²) in [5.41, 5.74) is 1.48. The number of nitrogens with one attached hydrogen (secondary N) is 1. The molecule has 0 spiro atoms. The van der Waals surface area contributed by atoms with E-state index in [2.05, 4.69) is 4.72 Å². The van der Waals surface area contributed by atoms with E-state index in [1.807, 2.05) is 0 Å². The standard InChI is InChI=1S/C16H19ClN2O4S2/c1-11-9-13(25(22,23)19(3)4)10-15(12(11)2)18-24(20,21)16-8-6-5-7-14(16)17/h5-10,18H,1-4H3. The van der Waals surface area contributed by atoms with Crippen LogP contribution < -0.4 is 4.72 Å². The van der Waals surface area contributed by atoms with Gasteiger partial charge in [0, 0.05) is 14.1 Å².